The number of fused-ring (bicyclic) bond motifs is 12. The fourth-order valence-electron chi connectivity index (χ4n) is 9.97. The van der Waals surface area contributed by atoms with Crippen molar-refractivity contribution in [2.45, 2.75) is 19.3 Å². The molecule has 1 aliphatic carbocycles. The molecule has 12 rings (SSSR count). The molecule has 56 heavy (non-hydrogen) atoms. The highest BCUT2D eigenvalue weighted by Gasteiger charge is 2.37. The Hall–Kier alpha value is -6.54. The molecule has 0 amide bonds. The molecule has 0 spiro atoms. The van der Waals surface area contributed by atoms with Crippen molar-refractivity contribution >= 4 is 74.6 Å². The lowest BCUT2D eigenvalue weighted by Gasteiger charge is -2.22. The molecule has 1 heterocycles. The van der Waals surface area contributed by atoms with Gasteiger partial charge in [0.15, 0.2) is 0 Å². The zero-order valence-corrected chi connectivity index (χ0v) is 32.0. The SMILES string of the molecule is CC1(C)c2cc(-c3ccc4cc(-c5c6ccccc6c(-c6ccccc6)c6ccccc56)ccc4c3)ccc2-c2c1ccc1ccc3sc4ccccc4c3c21. The summed E-state index contributed by atoms with van der Waals surface area (Å²) in [4.78, 5) is 0. The van der Waals surface area contributed by atoms with Crippen LogP contribution in [0.15, 0.2) is 182 Å². The van der Waals surface area contributed by atoms with Crippen molar-refractivity contribution in [3.63, 3.8) is 0 Å². The Bertz CT molecular complexity index is 3380. The van der Waals surface area contributed by atoms with Crippen molar-refractivity contribution in [3.05, 3.63) is 193 Å². The average molecular weight is 729 g/mol. The number of rotatable bonds is 3. The summed E-state index contributed by atoms with van der Waals surface area (Å²) in [5.74, 6) is 0. The van der Waals surface area contributed by atoms with Crippen LogP contribution in [0.4, 0.5) is 0 Å². The van der Waals surface area contributed by atoms with Gasteiger partial charge < -0.3 is 0 Å². The van der Waals surface area contributed by atoms with Gasteiger partial charge in [-0.1, -0.05) is 166 Å². The van der Waals surface area contributed by atoms with E-state index in [0.717, 1.165) is 0 Å². The van der Waals surface area contributed by atoms with Gasteiger partial charge in [-0.15, -0.1) is 11.3 Å². The molecule has 0 saturated carbocycles. The Balaban J connectivity index is 0.989. The maximum Gasteiger partial charge on any atom is 0.0362 e. The van der Waals surface area contributed by atoms with E-state index in [1.807, 2.05) is 11.3 Å². The van der Waals surface area contributed by atoms with Crippen molar-refractivity contribution in [3.8, 4) is 44.5 Å². The summed E-state index contributed by atoms with van der Waals surface area (Å²) in [5.41, 5.74) is 13.1. The second kappa shape index (κ2) is 11.7. The Morgan fingerprint density at radius 1 is 0.339 bits per heavy atom. The first-order valence-corrected chi connectivity index (χ1v) is 20.4. The monoisotopic (exact) mass is 728 g/mol. The molecule has 1 aliphatic rings. The third-order valence-electron chi connectivity index (χ3n) is 12.6. The summed E-state index contributed by atoms with van der Waals surface area (Å²) in [6.07, 6.45) is 0. The largest absolute Gasteiger partial charge is 0.135 e. The van der Waals surface area contributed by atoms with Gasteiger partial charge in [-0.3, -0.25) is 0 Å². The summed E-state index contributed by atoms with van der Waals surface area (Å²) in [6.45, 7) is 4.81. The first-order chi connectivity index (χ1) is 27.5. The van der Waals surface area contributed by atoms with Gasteiger partial charge in [-0.05, 0) is 129 Å². The summed E-state index contributed by atoms with van der Waals surface area (Å²) in [5, 5.41) is 13.1. The molecule has 11 aromatic rings. The molecule has 10 aromatic carbocycles. The van der Waals surface area contributed by atoms with Crippen LogP contribution in [0.2, 0.25) is 0 Å². The van der Waals surface area contributed by atoms with Gasteiger partial charge in [0.05, 0.1) is 0 Å². The van der Waals surface area contributed by atoms with Crippen molar-refractivity contribution in [1.29, 1.82) is 0 Å². The van der Waals surface area contributed by atoms with Gasteiger partial charge in [0, 0.05) is 25.6 Å². The molecule has 0 bridgehead atoms. The smallest absolute Gasteiger partial charge is 0.0362 e. The fourth-order valence-corrected chi connectivity index (χ4v) is 11.1. The van der Waals surface area contributed by atoms with Crippen molar-refractivity contribution in [2.24, 2.45) is 0 Å². The number of hydrogen-bond donors (Lipinski definition) is 0. The summed E-state index contributed by atoms with van der Waals surface area (Å²) in [6, 6.07) is 68.1. The molecule has 1 heteroatoms. The fraction of sp³-hybridized carbons (Fsp3) is 0.0545. The highest BCUT2D eigenvalue weighted by atomic mass is 32.1. The normalized spacial score (nSPS) is 13.3. The molecule has 0 aliphatic heterocycles. The minimum absolute atomic E-state index is 0.115. The van der Waals surface area contributed by atoms with Crippen molar-refractivity contribution < 1.29 is 0 Å². The topological polar surface area (TPSA) is 0 Å². The van der Waals surface area contributed by atoms with Crippen LogP contribution in [0.5, 0.6) is 0 Å². The number of hydrogen-bond acceptors (Lipinski definition) is 1. The molecule has 0 atom stereocenters. The van der Waals surface area contributed by atoms with Crippen LogP contribution in [0, 0.1) is 0 Å². The van der Waals surface area contributed by atoms with Crippen LogP contribution < -0.4 is 0 Å². The lowest BCUT2D eigenvalue weighted by molar-refractivity contribution is 0.661. The Morgan fingerprint density at radius 2 is 0.875 bits per heavy atom. The van der Waals surface area contributed by atoms with Crippen LogP contribution in [0.1, 0.15) is 25.0 Å². The van der Waals surface area contributed by atoms with Crippen molar-refractivity contribution in [2.75, 3.05) is 0 Å². The predicted octanol–water partition coefficient (Wildman–Crippen LogP) is 16.0. The predicted molar refractivity (Wildman–Crippen MR) is 243 cm³/mol. The van der Waals surface area contributed by atoms with E-state index < -0.39 is 0 Å². The molecule has 0 N–H and O–H groups in total. The van der Waals surface area contributed by atoms with Crippen LogP contribution in [0.25, 0.3) is 108 Å². The van der Waals surface area contributed by atoms with E-state index in [1.165, 1.54) is 119 Å². The Kier molecular flexibility index (Phi) is 6.66. The lowest BCUT2D eigenvalue weighted by atomic mass is 9.81. The molecular formula is C55H36S. The minimum Gasteiger partial charge on any atom is -0.135 e. The summed E-state index contributed by atoms with van der Waals surface area (Å²) >= 11 is 1.90. The van der Waals surface area contributed by atoms with Gasteiger partial charge in [0.1, 0.15) is 0 Å². The molecule has 0 nitrogen and oxygen atoms in total. The van der Waals surface area contributed by atoms with Gasteiger partial charge >= 0.3 is 0 Å². The first-order valence-electron chi connectivity index (χ1n) is 19.6. The van der Waals surface area contributed by atoms with Crippen LogP contribution in [-0.2, 0) is 5.41 Å². The van der Waals surface area contributed by atoms with Gasteiger partial charge in [0.2, 0.25) is 0 Å². The molecule has 262 valence electrons. The van der Waals surface area contributed by atoms with Crippen molar-refractivity contribution in [1.82, 2.24) is 0 Å². The van der Waals surface area contributed by atoms with E-state index in [0.29, 0.717) is 0 Å². The average Bonchev–Trinajstić information content (AvgIpc) is 3.74. The zero-order chi connectivity index (χ0) is 37.1. The van der Waals surface area contributed by atoms with E-state index in [-0.39, 0.29) is 5.41 Å². The quantitative estimate of drug-likeness (QED) is 0.159. The molecule has 0 fully saturated rings. The van der Waals surface area contributed by atoms with E-state index in [2.05, 4.69) is 196 Å². The minimum atomic E-state index is -0.115. The standard InChI is InChI=1S/C55H36S/c1-55(2)46-28-25-34-26-29-49-54(45-18-10-11-19-48(45)56-49)52(34)53(46)44-27-24-38(32-47(44)55)36-20-21-37-31-39(23-22-35(37)30-36)51-42-16-8-6-14-40(42)50(33-12-4-3-5-13-33)41-15-7-9-17-43(41)51/h3-32H,1-2H3. The van der Waals surface area contributed by atoms with Crippen LogP contribution >= 0.6 is 11.3 Å². The highest BCUT2D eigenvalue weighted by molar-refractivity contribution is 7.26. The molecule has 1 aromatic heterocycles. The third kappa shape index (κ3) is 4.47. The molecule has 0 unspecified atom stereocenters. The summed E-state index contributed by atoms with van der Waals surface area (Å²) in [7, 11) is 0. The Morgan fingerprint density at radius 3 is 1.59 bits per heavy atom. The summed E-state index contributed by atoms with van der Waals surface area (Å²) < 4.78 is 2.71. The third-order valence-corrected chi connectivity index (χ3v) is 13.8. The van der Waals surface area contributed by atoms with Crippen LogP contribution in [-0.4, -0.2) is 0 Å². The van der Waals surface area contributed by atoms with E-state index in [1.54, 1.807) is 0 Å². The van der Waals surface area contributed by atoms with Crippen LogP contribution in [0.3, 0.4) is 0 Å². The maximum absolute atomic E-state index is 2.47. The van der Waals surface area contributed by atoms with E-state index in [4.69, 9.17) is 0 Å². The van der Waals surface area contributed by atoms with Gasteiger partial charge in [-0.25, -0.2) is 0 Å². The zero-order valence-electron chi connectivity index (χ0n) is 31.2. The number of benzene rings is 10. The van der Waals surface area contributed by atoms with Gasteiger partial charge in [-0.2, -0.15) is 0 Å². The second-order valence-corrected chi connectivity index (χ2v) is 17.1. The van der Waals surface area contributed by atoms with E-state index >= 15 is 0 Å². The molecule has 0 saturated heterocycles. The lowest BCUT2D eigenvalue weighted by Crippen LogP contribution is -2.15. The maximum atomic E-state index is 2.47. The number of thiophene rings is 1. The molecular weight excluding hydrogens is 693 g/mol. The van der Waals surface area contributed by atoms with E-state index in [9.17, 15) is 0 Å². The highest BCUT2D eigenvalue weighted by Crippen LogP contribution is 2.54. The Labute approximate surface area is 329 Å². The molecule has 0 radical (unpaired) electrons. The second-order valence-electron chi connectivity index (χ2n) is 16.0. The first kappa shape index (κ1) is 31.8. The van der Waals surface area contributed by atoms with Gasteiger partial charge in [0.25, 0.3) is 0 Å².